The van der Waals surface area contributed by atoms with E-state index in [-0.39, 0.29) is 12.0 Å². The molecule has 23 heavy (non-hydrogen) atoms. The van der Waals surface area contributed by atoms with Gasteiger partial charge in [-0.1, -0.05) is 19.1 Å². The molecule has 2 aromatic heterocycles. The Hall–Kier alpha value is -2.27. The quantitative estimate of drug-likeness (QED) is 0.701. The first-order chi connectivity index (χ1) is 11.2. The summed E-state index contributed by atoms with van der Waals surface area (Å²) < 4.78 is 5.23. The lowest BCUT2D eigenvalue weighted by molar-refractivity contribution is -0.150. The van der Waals surface area contributed by atoms with Crippen LogP contribution in [-0.2, 0) is 22.6 Å². The Morgan fingerprint density at radius 1 is 1.04 bits per heavy atom. The van der Waals surface area contributed by atoms with Gasteiger partial charge in [0.2, 0.25) is 0 Å². The van der Waals surface area contributed by atoms with Crippen LogP contribution in [0.1, 0.15) is 31.7 Å². The smallest absolute Gasteiger partial charge is 0.323 e. The molecule has 2 aromatic rings. The summed E-state index contributed by atoms with van der Waals surface area (Å²) in [4.78, 5) is 23.1. The first kappa shape index (κ1) is 17.1. The van der Waals surface area contributed by atoms with E-state index < -0.39 is 0 Å². The highest BCUT2D eigenvalue weighted by atomic mass is 16.5. The minimum absolute atomic E-state index is 0.193. The predicted octanol–water partition coefficient (Wildman–Crippen LogP) is 2.82. The van der Waals surface area contributed by atoms with Crippen molar-refractivity contribution in [2.24, 2.45) is 0 Å². The third kappa shape index (κ3) is 5.14. The van der Waals surface area contributed by atoms with E-state index in [2.05, 4.69) is 14.9 Å². The van der Waals surface area contributed by atoms with Crippen LogP contribution in [-0.4, -0.2) is 33.5 Å². The Morgan fingerprint density at radius 3 is 2.00 bits per heavy atom. The number of hydrogen-bond donors (Lipinski definition) is 0. The van der Waals surface area contributed by atoms with Crippen molar-refractivity contribution < 1.29 is 9.53 Å². The maximum Gasteiger partial charge on any atom is 0.323 e. The summed E-state index contributed by atoms with van der Waals surface area (Å²) in [6, 6.07) is 11.3. The summed E-state index contributed by atoms with van der Waals surface area (Å²) in [5.41, 5.74) is 1.84. The van der Waals surface area contributed by atoms with E-state index in [1.165, 1.54) is 0 Å². The van der Waals surface area contributed by atoms with Gasteiger partial charge in [-0.3, -0.25) is 19.7 Å². The highest BCUT2D eigenvalue weighted by molar-refractivity contribution is 5.75. The minimum atomic E-state index is -0.307. The first-order valence-electron chi connectivity index (χ1n) is 7.95. The second-order valence-corrected chi connectivity index (χ2v) is 5.22. The molecule has 0 bridgehead atoms. The molecule has 1 atom stereocenters. The van der Waals surface area contributed by atoms with Crippen LogP contribution in [0.5, 0.6) is 0 Å². The maximum atomic E-state index is 12.3. The molecule has 0 amide bonds. The molecule has 0 aliphatic carbocycles. The highest BCUT2D eigenvalue weighted by Crippen LogP contribution is 2.14. The fraction of sp³-hybridized carbons (Fsp3) is 0.389. The standard InChI is InChI=1S/C18H23N3O2/c1-3-17(18(22)23-4-2)21(13-15-9-5-7-11-19-15)14-16-10-6-8-12-20-16/h5-12,17H,3-4,13-14H2,1-2H3. The molecule has 0 aromatic carbocycles. The predicted molar refractivity (Wildman–Crippen MR) is 88.4 cm³/mol. The molecular formula is C18H23N3O2. The van der Waals surface area contributed by atoms with Crippen LogP contribution in [0.4, 0.5) is 0 Å². The number of carbonyl (C=O) groups is 1. The second kappa shape index (κ2) is 9.00. The number of hydrogen-bond acceptors (Lipinski definition) is 5. The topological polar surface area (TPSA) is 55.3 Å². The van der Waals surface area contributed by atoms with Crippen LogP contribution in [0.25, 0.3) is 0 Å². The minimum Gasteiger partial charge on any atom is -0.465 e. The molecule has 122 valence electrons. The molecular weight excluding hydrogens is 290 g/mol. The van der Waals surface area contributed by atoms with Crippen LogP contribution >= 0.6 is 0 Å². The molecule has 0 saturated carbocycles. The molecule has 0 aliphatic heterocycles. The van der Waals surface area contributed by atoms with Crippen molar-refractivity contribution in [1.29, 1.82) is 0 Å². The summed E-state index contributed by atoms with van der Waals surface area (Å²) in [7, 11) is 0. The molecule has 5 nitrogen and oxygen atoms in total. The molecule has 2 rings (SSSR count). The van der Waals surface area contributed by atoms with Gasteiger partial charge in [0.05, 0.1) is 18.0 Å². The molecule has 0 aliphatic rings. The van der Waals surface area contributed by atoms with E-state index >= 15 is 0 Å². The van der Waals surface area contributed by atoms with Crippen molar-refractivity contribution in [2.75, 3.05) is 6.61 Å². The van der Waals surface area contributed by atoms with Gasteiger partial charge in [-0.2, -0.15) is 0 Å². The molecule has 0 radical (unpaired) electrons. The lowest BCUT2D eigenvalue weighted by Gasteiger charge is -2.28. The maximum absolute atomic E-state index is 12.3. The van der Waals surface area contributed by atoms with E-state index in [0.29, 0.717) is 26.1 Å². The number of nitrogens with zero attached hydrogens (tertiary/aromatic N) is 3. The van der Waals surface area contributed by atoms with E-state index in [4.69, 9.17) is 4.74 Å². The number of carbonyl (C=O) groups excluding carboxylic acids is 1. The summed E-state index contributed by atoms with van der Waals surface area (Å²) in [6.45, 7) is 5.36. The van der Waals surface area contributed by atoms with E-state index in [0.717, 1.165) is 11.4 Å². The van der Waals surface area contributed by atoms with Crippen LogP contribution in [0, 0.1) is 0 Å². The van der Waals surface area contributed by atoms with Crippen LogP contribution < -0.4 is 0 Å². The Morgan fingerprint density at radius 2 is 1.61 bits per heavy atom. The van der Waals surface area contributed by atoms with E-state index in [1.807, 2.05) is 50.2 Å². The molecule has 0 saturated heterocycles. The molecule has 2 heterocycles. The van der Waals surface area contributed by atoms with Gasteiger partial charge in [-0.25, -0.2) is 0 Å². The second-order valence-electron chi connectivity index (χ2n) is 5.22. The molecule has 0 fully saturated rings. The van der Waals surface area contributed by atoms with Gasteiger partial charge in [0.25, 0.3) is 0 Å². The van der Waals surface area contributed by atoms with Gasteiger partial charge in [-0.05, 0) is 37.6 Å². The number of esters is 1. The van der Waals surface area contributed by atoms with Gasteiger partial charge in [0.1, 0.15) is 6.04 Å². The van der Waals surface area contributed by atoms with Gasteiger partial charge < -0.3 is 4.74 Å². The molecule has 5 heteroatoms. The number of pyridine rings is 2. The number of aromatic nitrogens is 2. The van der Waals surface area contributed by atoms with Crippen molar-refractivity contribution >= 4 is 5.97 Å². The highest BCUT2D eigenvalue weighted by Gasteiger charge is 2.26. The van der Waals surface area contributed by atoms with Crippen LogP contribution in [0.2, 0.25) is 0 Å². The van der Waals surface area contributed by atoms with Gasteiger partial charge in [-0.15, -0.1) is 0 Å². The zero-order valence-corrected chi connectivity index (χ0v) is 13.7. The third-order valence-electron chi connectivity index (χ3n) is 3.57. The van der Waals surface area contributed by atoms with E-state index in [9.17, 15) is 4.79 Å². The Bertz CT molecular complexity index is 548. The molecule has 0 N–H and O–H groups in total. The third-order valence-corrected chi connectivity index (χ3v) is 3.57. The van der Waals surface area contributed by atoms with E-state index in [1.54, 1.807) is 12.4 Å². The molecule has 1 unspecified atom stereocenters. The van der Waals surface area contributed by atoms with Gasteiger partial charge >= 0.3 is 5.97 Å². The lowest BCUT2D eigenvalue weighted by Crippen LogP contribution is -2.41. The number of rotatable bonds is 8. The Balaban J connectivity index is 2.20. The summed E-state index contributed by atoms with van der Waals surface area (Å²) >= 11 is 0. The average molecular weight is 313 g/mol. The zero-order chi connectivity index (χ0) is 16.5. The fourth-order valence-corrected chi connectivity index (χ4v) is 2.49. The van der Waals surface area contributed by atoms with Gasteiger partial charge in [0, 0.05) is 25.5 Å². The van der Waals surface area contributed by atoms with Crippen molar-refractivity contribution in [3.05, 3.63) is 60.2 Å². The average Bonchev–Trinajstić information content (AvgIpc) is 2.57. The monoisotopic (exact) mass is 313 g/mol. The Kier molecular flexibility index (Phi) is 6.69. The number of ether oxygens (including phenoxy) is 1. The van der Waals surface area contributed by atoms with Crippen molar-refractivity contribution in [1.82, 2.24) is 14.9 Å². The summed E-state index contributed by atoms with van der Waals surface area (Å²) in [5.74, 6) is -0.193. The Labute approximate surface area is 137 Å². The fourth-order valence-electron chi connectivity index (χ4n) is 2.49. The SMILES string of the molecule is CCOC(=O)C(CC)N(Cc1ccccn1)Cc1ccccn1. The van der Waals surface area contributed by atoms with Crippen LogP contribution in [0.15, 0.2) is 48.8 Å². The largest absolute Gasteiger partial charge is 0.465 e. The normalized spacial score (nSPS) is 12.1. The first-order valence-corrected chi connectivity index (χ1v) is 7.95. The van der Waals surface area contributed by atoms with Crippen molar-refractivity contribution in [2.45, 2.75) is 39.4 Å². The zero-order valence-electron chi connectivity index (χ0n) is 13.7. The molecule has 0 spiro atoms. The van der Waals surface area contributed by atoms with Crippen molar-refractivity contribution in [3.63, 3.8) is 0 Å². The van der Waals surface area contributed by atoms with Crippen molar-refractivity contribution in [3.8, 4) is 0 Å². The van der Waals surface area contributed by atoms with Gasteiger partial charge in [0.15, 0.2) is 0 Å². The lowest BCUT2D eigenvalue weighted by atomic mass is 10.1. The summed E-state index contributed by atoms with van der Waals surface area (Å²) in [5, 5.41) is 0. The summed E-state index contributed by atoms with van der Waals surface area (Å²) in [6.07, 6.45) is 4.21. The van der Waals surface area contributed by atoms with Crippen LogP contribution in [0.3, 0.4) is 0 Å².